The number of nitrogens with zero attached hydrogens (tertiary/aromatic N) is 6. The third-order valence-corrected chi connectivity index (χ3v) is 6.49. The third-order valence-electron chi connectivity index (χ3n) is 6.49. The molecule has 0 aliphatic carbocycles. The number of anilines is 1. The molecule has 44 heavy (non-hydrogen) atoms. The fourth-order valence-electron chi connectivity index (χ4n) is 4.42. The Hall–Kier alpha value is -5.16. The number of hydrogen-bond acceptors (Lipinski definition) is 9. The molecule has 0 aliphatic heterocycles. The summed E-state index contributed by atoms with van der Waals surface area (Å²) in [6, 6.07) is 2.64. The summed E-state index contributed by atoms with van der Waals surface area (Å²) in [5.74, 6) is -1.17. The molecule has 0 saturated carbocycles. The lowest BCUT2D eigenvalue weighted by Crippen LogP contribution is -2.26. The number of aromatic nitrogens is 7. The first-order valence-electron chi connectivity index (χ1n) is 12.7. The number of fused-ring (bicyclic) bond motifs is 1. The molecule has 1 aromatic carbocycles. The Morgan fingerprint density at radius 1 is 1.02 bits per heavy atom. The Morgan fingerprint density at radius 3 is 2.39 bits per heavy atom. The van der Waals surface area contributed by atoms with Crippen LogP contribution in [0.4, 0.5) is 36.4 Å². The molecule has 5 rings (SSSR count). The fourth-order valence-corrected chi connectivity index (χ4v) is 4.42. The van der Waals surface area contributed by atoms with E-state index < -0.39 is 52.1 Å². The molecule has 4 heterocycles. The molecule has 0 fully saturated rings. The number of H-pyrrole nitrogens is 1. The minimum Gasteiger partial charge on any atom is -0.423 e. The van der Waals surface area contributed by atoms with Crippen molar-refractivity contribution in [1.29, 1.82) is 0 Å². The van der Waals surface area contributed by atoms with Gasteiger partial charge in [-0.1, -0.05) is 0 Å². The minimum atomic E-state index is -5.00. The fraction of sp³-hybridized carbons (Fsp3) is 0.269. The van der Waals surface area contributed by atoms with E-state index >= 15 is 0 Å². The van der Waals surface area contributed by atoms with Crippen LogP contribution >= 0.6 is 0 Å². The zero-order valence-electron chi connectivity index (χ0n) is 22.3. The van der Waals surface area contributed by atoms with E-state index in [4.69, 9.17) is 4.42 Å². The predicted octanol–water partition coefficient (Wildman–Crippen LogP) is 5.04. The van der Waals surface area contributed by atoms with Crippen LogP contribution in [0.5, 0.6) is 0 Å². The number of aryl methyl sites for hydroxylation is 2. The molecule has 230 valence electrons. The molecular weight excluding hydrogens is 605 g/mol. The van der Waals surface area contributed by atoms with Crippen LogP contribution in [0, 0.1) is 12.7 Å². The summed E-state index contributed by atoms with van der Waals surface area (Å²) in [7, 11) is 0. The number of nitrogens with one attached hydrogen (secondary N) is 2. The lowest BCUT2D eigenvalue weighted by Gasteiger charge is -2.19. The number of halogens is 7. The van der Waals surface area contributed by atoms with Gasteiger partial charge in [0, 0.05) is 32.1 Å². The van der Waals surface area contributed by atoms with E-state index in [1.807, 2.05) is 0 Å². The van der Waals surface area contributed by atoms with Gasteiger partial charge in [-0.25, -0.2) is 19.5 Å². The van der Waals surface area contributed by atoms with Crippen LogP contribution in [-0.4, -0.2) is 34.9 Å². The maximum atomic E-state index is 15.0. The van der Waals surface area contributed by atoms with E-state index in [0.717, 1.165) is 12.3 Å². The van der Waals surface area contributed by atoms with Gasteiger partial charge in [0.2, 0.25) is 11.8 Å². The quantitative estimate of drug-likeness (QED) is 0.227. The van der Waals surface area contributed by atoms with Crippen LogP contribution < -0.4 is 16.4 Å². The second-order valence-corrected chi connectivity index (χ2v) is 9.51. The molecule has 0 spiro atoms. The molecule has 0 saturated heterocycles. The summed E-state index contributed by atoms with van der Waals surface area (Å²) in [4.78, 5) is 32.2. The highest BCUT2D eigenvalue weighted by Gasteiger charge is 2.38. The van der Waals surface area contributed by atoms with Gasteiger partial charge < -0.3 is 14.3 Å². The molecule has 1 unspecified atom stereocenters. The van der Waals surface area contributed by atoms with Crippen molar-refractivity contribution in [1.82, 2.24) is 34.9 Å². The number of pyridine rings is 1. The monoisotopic (exact) mass is 624 g/mol. The summed E-state index contributed by atoms with van der Waals surface area (Å²) >= 11 is 0. The highest BCUT2D eigenvalue weighted by Crippen LogP contribution is 2.34. The van der Waals surface area contributed by atoms with Crippen LogP contribution in [0.15, 0.2) is 57.0 Å². The van der Waals surface area contributed by atoms with Gasteiger partial charge in [0.05, 0.1) is 28.4 Å². The van der Waals surface area contributed by atoms with Gasteiger partial charge in [-0.2, -0.15) is 31.4 Å². The number of aromatic amines is 1. The van der Waals surface area contributed by atoms with Crippen LogP contribution in [0.1, 0.15) is 41.8 Å². The lowest BCUT2D eigenvalue weighted by molar-refractivity contribution is -0.139. The predicted molar refractivity (Wildman–Crippen MR) is 139 cm³/mol. The average molecular weight is 624 g/mol. The SMILES string of the molecule is Cc1nnc(C(CCCn2ccc3cc(-c4ncc(C(F)(F)F)cn4)c(F)cc3c2=O)Nc2cn[nH]c(=O)c2C(F)(F)F)o1. The summed E-state index contributed by atoms with van der Waals surface area (Å²) in [6.45, 7) is 1.51. The minimum absolute atomic E-state index is 0.0329. The van der Waals surface area contributed by atoms with Crippen molar-refractivity contribution in [2.24, 2.45) is 0 Å². The Kier molecular flexibility index (Phi) is 7.92. The Bertz CT molecular complexity index is 1930. The molecule has 0 aliphatic rings. The van der Waals surface area contributed by atoms with E-state index in [1.54, 1.807) is 5.10 Å². The van der Waals surface area contributed by atoms with Gasteiger partial charge in [0.25, 0.3) is 11.1 Å². The second-order valence-electron chi connectivity index (χ2n) is 9.51. The van der Waals surface area contributed by atoms with Crippen molar-refractivity contribution in [3.63, 3.8) is 0 Å². The first-order valence-corrected chi connectivity index (χ1v) is 12.7. The van der Waals surface area contributed by atoms with Crippen molar-refractivity contribution in [2.45, 2.75) is 44.7 Å². The summed E-state index contributed by atoms with van der Waals surface area (Å²) < 4.78 is 101. The summed E-state index contributed by atoms with van der Waals surface area (Å²) in [5, 5.41) is 15.5. The van der Waals surface area contributed by atoms with Crippen LogP contribution in [-0.2, 0) is 18.9 Å². The molecule has 0 amide bonds. The van der Waals surface area contributed by atoms with Gasteiger partial charge in [0.15, 0.2) is 5.82 Å². The van der Waals surface area contributed by atoms with E-state index in [2.05, 4.69) is 30.6 Å². The second kappa shape index (κ2) is 11.5. The summed E-state index contributed by atoms with van der Waals surface area (Å²) in [5.41, 5.74) is -5.48. The number of benzene rings is 1. The largest absolute Gasteiger partial charge is 0.423 e. The molecular formula is C26H19F7N8O3. The topological polar surface area (TPSA) is 144 Å². The maximum absolute atomic E-state index is 15.0. The van der Waals surface area contributed by atoms with Crippen molar-refractivity contribution in [3.05, 3.63) is 92.4 Å². The van der Waals surface area contributed by atoms with Crippen LogP contribution in [0.3, 0.4) is 0 Å². The smallest absolute Gasteiger partial charge is 0.423 e. The van der Waals surface area contributed by atoms with E-state index in [-0.39, 0.29) is 53.3 Å². The Balaban J connectivity index is 1.37. The lowest BCUT2D eigenvalue weighted by atomic mass is 10.1. The van der Waals surface area contributed by atoms with Gasteiger partial charge >= 0.3 is 12.4 Å². The zero-order chi connectivity index (χ0) is 31.8. The molecule has 5 aromatic rings. The van der Waals surface area contributed by atoms with Gasteiger partial charge in [0.1, 0.15) is 17.4 Å². The highest BCUT2D eigenvalue weighted by molar-refractivity contribution is 5.86. The zero-order valence-corrected chi connectivity index (χ0v) is 22.3. The highest BCUT2D eigenvalue weighted by atomic mass is 19.4. The average Bonchev–Trinajstić information content (AvgIpc) is 3.38. The van der Waals surface area contributed by atoms with Gasteiger partial charge in [-0.3, -0.25) is 9.59 Å². The summed E-state index contributed by atoms with van der Waals surface area (Å²) in [6.07, 6.45) is -6.20. The molecule has 1 atom stereocenters. The molecule has 2 N–H and O–H groups in total. The number of hydrogen-bond donors (Lipinski definition) is 2. The van der Waals surface area contributed by atoms with Crippen molar-refractivity contribution in [3.8, 4) is 11.4 Å². The normalized spacial score (nSPS) is 12.9. The first kappa shape index (κ1) is 30.3. The standard InChI is InChI=1S/C26H19F7N8O3/c1-12-38-40-23(44-12)18(37-19-11-36-39-22(42)20(19)26(31,32)33)3-2-5-41-6-4-13-7-16(17(27)8-15(13)24(41)43)21-34-9-14(10-35-21)25(28,29)30/h4,6-11,18H,2-3,5H2,1H3,(H2,37,39,42). The molecule has 0 radical (unpaired) electrons. The van der Waals surface area contributed by atoms with E-state index in [9.17, 15) is 40.3 Å². The van der Waals surface area contributed by atoms with E-state index in [1.165, 1.54) is 29.8 Å². The number of alkyl halides is 6. The Labute approximate surface area is 240 Å². The van der Waals surface area contributed by atoms with Crippen LogP contribution in [0.2, 0.25) is 0 Å². The maximum Gasteiger partial charge on any atom is 0.423 e. The Morgan fingerprint density at radius 2 is 1.75 bits per heavy atom. The first-order chi connectivity index (χ1) is 20.7. The van der Waals surface area contributed by atoms with Crippen molar-refractivity contribution >= 4 is 16.5 Å². The third kappa shape index (κ3) is 6.28. The molecule has 18 heteroatoms. The number of rotatable bonds is 8. The van der Waals surface area contributed by atoms with Gasteiger partial charge in [-0.15, -0.1) is 10.2 Å². The van der Waals surface area contributed by atoms with E-state index in [0.29, 0.717) is 12.4 Å². The van der Waals surface area contributed by atoms with Gasteiger partial charge in [-0.05, 0) is 36.4 Å². The van der Waals surface area contributed by atoms with Crippen LogP contribution in [0.25, 0.3) is 22.2 Å². The molecule has 0 bridgehead atoms. The molecule has 11 nitrogen and oxygen atoms in total. The van der Waals surface area contributed by atoms with Crippen molar-refractivity contribution in [2.75, 3.05) is 5.32 Å². The van der Waals surface area contributed by atoms with Crippen molar-refractivity contribution < 1.29 is 35.2 Å². The molecule has 4 aromatic heterocycles.